The third kappa shape index (κ3) is 3.49. The van der Waals surface area contributed by atoms with Crippen molar-refractivity contribution in [3.8, 4) is 5.69 Å². The molecule has 5 rings (SSSR count). The first-order valence-electron chi connectivity index (χ1n) is 9.65. The Labute approximate surface area is 173 Å². The van der Waals surface area contributed by atoms with Crippen LogP contribution in [0.25, 0.3) is 16.6 Å². The molecule has 5 nitrogen and oxygen atoms in total. The number of para-hydroxylation sites is 1. The Morgan fingerprint density at radius 3 is 2.72 bits per heavy atom. The largest absolute Gasteiger partial charge is 0.365 e. The molecule has 0 radical (unpaired) electrons. The van der Waals surface area contributed by atoms with Crippen LogP contribution >= 0.6 is 11.6 Å². The van der Waals surface area contributed by atoms with Crippen LogP contribution in [-0.4, -0.2) is 14.5 Å². The van der Waals surface area contributed by atoms with Crippen LogP contribution < -0.4 is 11.0 Å². The Hall–Kier alpha value is -3.18. The molecule has 0 atom stereocenters. The van der Waals surface area contributed by atoms with Crippen molar-refractivity contribution in [2.75, 3.05) is 5.32 Å². The Bertz CT molecular complexity index is 1250. The molecule has 2 aromatic carbocycles. The number of nitrogens with one attached hydrogen (secondary N) is 1. The fraction of sp³-hybridized carbons (Fsp3) is 0.174. The van der Waals surface area contributed by atoms with Gasteiger partial charge in [-0.3, -0.25) is 9.55 Å². The monoisotopic (exact) mass is 402 g/mol. The van der Waals surface area contributed by atoms with Crippen molar-refractivity contribution in [3.63, 3.8) is 0 Å². The first-order chi connectivity index (χ1) is 14.2. The van der Waals surface area contributed by atoms with Crippen LogP contribution in [0.4, 0.5) is 5.82 Å². The van der Waals surface area contributed by atoms with Gasteiger partial charge in [-0.2, -0.15) is 4.98 Å². The van der Waals surface area contributed by atoms with Crippen molar-refractivity contribution in [2.24, 2.45) is 0 Å². The minimum absolute atomic E-state index is 0.354. The van der Waals surface area contributed by atoms with E-state index in [4.69, 9.17) is 11.6 Å². The van der Waals surface area contributed by atoms with Crippen molar-refractivity contribution in [1.82, 2.24) is 14.5 Å². The molecule has 1 N–H and O–H groups in total. The summed E-state index contributed by atoms with van der Waals surface area (Å²) in [6.45, 7) is 0.538. The summed E-state index contributed by atoms with van der Waals surface area (Å²) >= 11 is 6.42. The molecule has 1 aliphatic rings. The highest BCUT2D eigenvalue weighted by Crippen LogP contribution is 2.41. The number of fused-ring (bicyclic) bond motifs is 1. The third-order valence-electron chi connectivity index (χ3n) is 5.24. The number of aromatic nitrogens is 3. The summed E-state index contributed by atoms with van der Waals surface area (Å²) in [4.78, 5) is 21.5. The van der Waals surface area contributed by atoms with Gasteiger partial charge in [-0.25, -0.2) is 4.79 Å². The summed E-state index contributed by atoms with van der Waals surface area (Å²) in [6.07, 6.45) is 5.92. The van der Waals surface area contributed by atoms with E-state index in [1.807, 2.05) is 36.4 Å². The summed E-state index contributed by atoms with van der Waals surface area (Å²) < 4.78 is 1.61. The summed E-state index contributed by atoms with van der Waals surface area (Å²) in [5.74, 6) is 1.15. The minimum atomic E-state index is -0.354. The standard InChI is InChI=1S/C23H19ClN4O/c24-19-5-1-2-6-20(19)28-21-12-17(16-7-8-16)9-10-18(21)22(27-23(28)29)26-14-15-4-3-11-25-13-15/h1-6,9-13,16H,7-8,14H2,(H,26,27,29). The van der Waals surface area contributed by atoms with E-state index in [1.165, 1.54) is 18.4 Å². The Balaban J connectivity index is 1.67. The molecule has 6 heteroatoms. The summed E-state index contributed by atoms with van der Waals surface area (Å²) in [7, 11) is 0. The van der Waals surface area contributed by atoms with Crippen molar-refractivity contribution in [3.05, 3.63) is 93.6 Å². The number of anilines is 1. The molecule has 1 aliphatic carbocycles. The molecule has 0 spiro atoms. The van der Waals surface area contributed by atoms with Crippen LogP contribution in [0.3, 0.4) is 0 Å². The maximum atomic E-state index is 13.1. The Morgan fingerprint density at radius 1 is 1.10 bits per heavy atom. The van der Waals surface area contributed by atoms with E-state index >= 15 is 0 Å². The highest BCUT2D eigenvalue weighted by atomic mass is 35.5. The highest BCUT2D eigenvalue weighted by Gasteiger charge is 2.24. The maximum Gasteiger partial charge on any atom is 0.354 e. The van der Waals surface area contributed by atoms with Gasteiger partial charge in [-0.15, -0.1) is 0 Å². The zero-order valence-corrected chi connectivity index (χ0v) is 16.4. The average Bonchev–Trinajstić information content (AvgIpc) is 3.59. The van der Waals surface area contributed by atoms with Gasteiger partial charge in [0, 0.05) is 24.3 Å². The normalized spacial score (nSPS) is 13.6. The first kappa shape index (κ1) is 17.9. The number of pyridine rings is 1. The van der Waals surface area contributed by atoms with E-state index in [0.29, 0.717) is 29.0 Å². The van der Waals surface area contributed by atoms with Crippen LogP contribution in [0.1, 0.15) is 29.9 Å². The maximum absolute atomic E-state index is 13.1. The molecule has 1 fully saturated rings. The van der Waals surface area contributed by atoms with Crippen molar-refractivity contribution in [2.45, 2.75) is 25.3 Å². The Morgan fingerprint density at radius 2 is 1.97 bits per heavy atom. The predicted molar refractivity (Wildman–Crippen MR) is 116 cm³/mol. The molecule has 29 heavy (non-hydrogen) atoms. The van der Waals surface area contributed by atoms with Gasteiger partial charge in [-0.1, -0.05) is 35.9 Å². The Kier molecular flexibility index (Phi) is 4.52. The molecule has 0 bridgehead atoms. The van der Waals surface area contributed by atoms with Gasteiger partial charge in [0.25, 0.3) is 0 Å². The lowest BCUT2D eigenvalue weighted by Gasteiger charge is -2.16. The van der Waals surface area contributed by atoms with E-state index in [1.54, 1.807) is 23.0 Å². The van der Waals surface area contributed by atoms with Gasteiger partial charge >= 0.3 is 5.69 Å². The molecule has 2 aromatic heterocycles. The topological polar surface area (TPSA) is 59.8 Å². The highest BCUT2D eigenvalue weighted by molar-refractivity contribution is 6.32. The van der Waals surface area contributed by atoms with Gasteiger partial charge < -0.3 is 5.32 Å². The zero-order valence-electron chi connectivity index (χ0n) is 15.7. The van der Waals surface area contributed by atoms with E-state index in [9.17, 15) is 4.79 Å². The van der Waals surface area contributed by atoms with Gasteiger partial charge in [0.1, 0.15) is 5.82 Å². The van der Waals surface area contributed by atoms with Gasteiger partial charge in [0.2, 0.25) is 0 Å². The fourth-order valence-corrected chi connectivity index (χ4v) is 3.82. The molecule has 0 unspecified atom stereocenters. The molecule has 4 aromatic rings. The van der Waals surface area contributed by atoms with E-state index < -0.39 is 0 Å². The second kappa shape index (κ2) is 7.33. The molecule has 2 heterocycles. The van der Waals surface area contributed by atoms with Crippen molar-refractivity contribution < 1.29 is 0 Å². The zero-order chi connectivity index (χ0) is 19.8. The fourth-order valence-electron chi connectivity index (χ4n) is 3.60. The number of hydrogen-bond donors (Lipinski definition) is 1. The molecular formula is C23H19ClN4O. The SMILES string of the molecule is O=c1nc(NCc2cccnc2)c2ccc(C3CC3)cc2n1-c1ccccc1Cl. The number of hydrogen-bond acceptors (Lipinski definition) is 4. The lowest BCUT2D eigenvalue weighted by Crippen LogP contribution is -2.24. The quantitative estimate of drug-likeness (QED) is 0.514. The molecule has 0 saturated heterocycles. The lowest BCUT2D eigenvalue weighted by atomic mass is 10.1. The number of rotatable bonds is 5. The van der Waals surface area contributed by atoms with E-state index in [-0.39, 0.29) is 5.69 Å². The van der Waals surface area contributed by atoms with Crippen LogP contribution in [0.5, 0.6) is 0 Å². The molecule has 144 valence electrons. The lowest BCUT2D eigenvalue weighted by molar-refractivity contribution is 0.949. The van der Waals surface area contributed by atoms with Crippen LogP contribution in [0, 0.1) is 0 Å². The average molecular weight is 403 g/mol. The van der Waals surface area contributed by atoms with Gasteiger partial charge in [0.15, 0.2) is 0 Å². The van der Waals surface area contributed by atoms with Crippen LogP contribution in [0.15, 0.2) is 71.8 Å². The summed E-state index contributed by atoms with van der Waals surface area (Å²) in [6, 6.07) is 17.5. The molecule has 0 aliphatic heterocycles. The van der Waals surface area contributed by atoms with Crippen molar-refractivity contribution in [1.29, 1.82) is 0 Å². The second-order valence-electron chi connectivity index (χ2n) is 7.30. The van der Waals surface area contributed by atoms with E-state index in [2.05, 4.69) is 27.4 Å². The van der Waals surface area contributed by atoms with Crippen LogP contribution in [-0.2, 0) is 6.54 Å². The number of halogens is 1. The third-order valence-corrected chi connectivity index (χ3v) is 5.56. The predicted octanol–water partition coefficient (Wildman–Crippen LogP) is 4.92. The molecule has 0 amide bonds. The van der Waals surface area contributed by atoms with Gasteiger partial charge in [0.05, 0.1) is 16.2 Å². The molecule has 1 saturated carbocycles. The number of benzene rings is 2. The second-order valence-corrected chi connectivity index (χ2v) is 7.70. The van der Waals surface area contributed by atoms with E-state index in [0.717, 1.165) is 16.5 Å². The molecular weight excluding hydrogens is 384 g/mol. The first-order valence-corrected chi connectivity index (χ1v) is 10.0. The van der Waals surface area contributed by atoms with Gasteiger partial charge in [-0.05, 0) is 60.2 Å². The summed E-state index contributed by atoms with van der Waals surface area (Å²) in [5, 5.41) is 4.71. The minimum Gasteiger partial charge on any atom is -0.365 e. The number of nitrogens with zero attached hydrogens (tertiary/aromatic N) is 3. The van der Waals surface area contributed by atoms with Crippen molar-refractivity contribution >= 4 is 28.3 Å². The van der Waals surface area contributed by atoms with Crippen LogP contribution in [0.2, 0.25) is 5.02 Å². The summed E-state index contributed by atoms with van der Waals surface area (Å²) in [5.41, 5.74) is 3.38. The smallest absolute Gasteiger partial charge is 0.354 e.